The van der Waals surface area contributed by atoms with Crippen LogP contribution in [-0.4, -0.2) is 26.8 Å². The number of hydrogen-bond donors (Lipinski definition) is 0. The lowest BCUT2D eigenvalue weighted by Crippen LogP contribution is -2.03. The van der Waals surface area contributed by atoms with Crippen LogP contribution in [0.1, 0.15) is 23.6 Å². The number of benzene rings is 2. The van der Waals surface area contributed by atoms with Gasteiger partial charge in [0.25, 0.3) is 0 Å². The van der Waals surface area contributed by atoms with Crippen molar-refractivity contribution in [1.82, 2.24) is 20.2 Å². The minimum atomic E-state index is 0.601. The van der Waals surface area contributed by atoms with Crippen LogP contribution in [0, 0.1) is 13.8 Å². The van der Waals surface area contributed by atoms with Crippen LogP contribution in [0.4, 0.5) is 0 Å². The minimum Gasteiger partial charge on any atom is -0.492 e. The van der Waals surface area contributed by atoms with Crippen LogP contribution in [0.2, 0.25) is 0 Å². The Morgan fingerprint density at radius 2 is 1.83 bits per heavy atom. The molecule has 5 nitrogen and oxygen atoms in total. The largest absolute Gasteiger partial charge is 0.492 e. The average molecular weight is 340 g/mol. The molecule has 0 N–H and O–H groups in total. The molecule has 0 atom stereocenters. The van der Waals surface area contributed by atoms with Gasteiger partial charge in [-0.2, -0.15) is 4.68 Å². The molecule has 6 heteroatoms. The van der Waals surface area contributed by atoms with E-state index >= 15 is 0 Å². The van der Waals surface area contributed by atoms with Crippen molar-refractivity contribution < 1.29 is 4.74 Å². The third-order valence-electron chi connectivity index (χ3n) is 3.48. The van der Waals surface area contributed by atoms with E-state index < -0.39 is 0 Å². The zero-order valence-electron chi connectivity index (χ0n) is 14.1. The molecular weight excluding hydrogens is 320 g/mol. The maximum Gasteiger partial charge on any atom is 0.214 e. The summed E-state index contributed by atoms with van der Waals surface area (Å²) in [6, 6.07) is 14.4. The second kappa shape index (κ2) is 7.49. The predicted octanol–water partition coefficient (Wildman–Crippen LogP) is 3.97. The van der Waals surface area contributed by atoms with Crippen LogP contribution in [-0.2, 0) is 5.75 Å². The number of tetrazole rings is 1. The van der Waals surface area contributed by atoms with Gasteiger partial charge in [-0.15, -0.1) is 5.10 Å². The number of thioether (sulfide) groups is 1. The Hall–Kier alpha value is -2.34. The topological polar surface area (TPSA) is 52.8 Å². The fraction of sp³-hybridized carbons (Fsp3) is 0.278. The van der Waals surface area contributed by atoms with Crippen LogP contribution < -0.4 is 4.74 Å². The molecule has 0 aliphatic heterocycles. The molecule has 0 spiro atoms. The Labute approximate surface area is 146 Å². The van der Waals surface area contributed by atoms with Crippen molar-refractivity contribution in [3.63, 3.8) is 0 Å². The molecule has 0 amide bonds. The number of para-hydroxylation sites is 2. The monoisotopic (exact) mass is 340 g/mol. The molecule has 0 fully saturated rings. The van der Waals surface area contributed by atoms with Crippen molar-refractivity contribution in [2.45, 2.75) is 31.7 Å². The van der Waals surface area contributed by atoms with Crippen LogP contribution in [0.3, 0.4) is 0 Å². The highest BCUT2D eigenvalue weighted by Gasteiger charge is 2.13. The second-order valence-corrected chi connectivity index (χ2v) is 6.50. The van der Waals surface area contributed by atoms with Gasteiger partial charge in [0.1, 0.15) is 11.4 Å². The summed E-state index contributed by atoms with van der Waals surface area (Å²) in [7, 11) is 0. The number of nitrogens with zero attached hydrogens (tertiary/aromatic N) is 4. The molecule has 3 rings (SSSR count). The minimum absolute atomic E-state index is 0.601. The Kier molecular flexibility index (Phi) is 5.15. The molecule has 24 heavy (non-hydrogen) atoms. The van der Waals surface area contributed by atoms with Crippen LogP contribution in [0.15, 0.2) is 47.6 Å². The molecular formula is C18H20N4OS. The van der Waals surface area contributed by atoms with Gasteiger partial charge in [0.15, 0.2) is 0 Å². The Morgan fingerprint density at radius 1 is 1.08 bits per heavy atom. The fourth-order valence-electron chi connectivity index (χ4n) is 2.63. The standard InChI is InChI=1S/C18H20N4OS/c1-4-23-17-8-6-5-7-16(17)22-18(19-20-21-22)24-12-15-10-13(2)9-14(3)11-15/h5-11H,4,12H2,1-3H3. The zero-order valence-corrected chi connectivity index (χ0v) is 14.9. The highest BCUT2D eigenvalue weighted by atomic mass is 32.2. The SMILES string of the molecule is CCOc1ccccc1-n1nnnc1SCc1cc(C)cc(C)c1. The van der Waals surface area contributed by atoms with Crippen molar-refractivity contribution in [1.29, 1.82) is 0 Å². The highest BCUT2D eigenvalue weighted by Crippen LogP contribution is 2.28. The maximum absolute atomic E-state index is 5.68. The quantitative estimate of drug-likeness (QED) is 0.636. The van der Waals surface area contributed by atoms with E-state index in [1.54, 1.807) is 16.4 Å². The Balaban J connectivity index is 1.83. The van der Waals surface area contributed by atoms with Crippen molar-refractivity contribution in [2.75, 3.05) is 6.61 Å². The van der Waals surface area contributed by atoms with Gasteiger partial charge < -0.3 is 4.74 Å². The molecule has 0 saturated carbocycles. The maximum atomic E-state index is 5.68. The van der Waals surface area contributed by atoms with Gasteiger partial charge >= 0.3 is 0 Å². The smallest absolute Gasteiger partial charge is 0.214 e. The predicted molar refractivity (Wildman–Crippen MR) is 95.8 cm³/mol. The third-order valence-corrected chi connectivity index (χ3v) is 4.47. The van der Waals surface area contributed by atoms with E-state index in [1.807, 2.05) is 31.2 Å². The van der Waals surface area contributed by atoms with Gasteiger partial charge in [-0.25, -0.2) is 0 Å². The molecule has 1 heterocycles. The molecule has 0 unspecified atom stereocenters. The number of ether oxygens (including phenoxy) is 1. The van der Waals surface area contributed by atoms with E-state index in [1.165, 1.54) is 16.7 Å². The van der Waals surface area contributed by atoms with E-state index in [2.05, 4.69) is 47.6 Å². The van der Waals surface area contributed by atoms with Crippen molar-refractivity contribution >= 4 is 11.8 Å². The first kappa shape index (κ1) is 16.5. The summed E-state index contributed by atoms with van der Waals surface area (Å²) in [5, 5.41) is 12.9. The highest BCUT2D eigenvalue weighted by molar-refractivity contribution is 7.98. The molecule has 1 aromatic heterocycles. The van der Waals surface area contributed by atoms with E-state index in [4.69, 9.17) is 4.74 Å². The van der Waals surface area contributed by atoms with Crippen LogP contribution in [0.25, 0.3) is 5.69 Å². The Morgan fingerprint density at radius 3 is 2.58 bits per heavy atom. The first-order chi connectivity index (χ1) is 11.7. The number of hydrogen-bond acceptors (Lipinski definition) is 5. The van der Waals surface area contributed by atoms with Gasteiger partial charge in [0, 0.05) is 5.75 Å². The Bertz CT molecular complexity index is 811. The normalized spacial score (nSPS) is 10.8. The first-order valence-electron chi connectivity index (χ1n) is 7.88. The number of aryl methyl sites for hydroxylation is 2. The van der Waals surface area contributed by atoms with Gasteiger partial charge in [-0.3, -0.25) is 0 Å². The summed E-state index contributed by atoms with van der Waals surface area (Å²) in [4.78, 5) is 0. The summed E-state index contributed by atoms with van der Waals surface area (Å²) < 4.78 is 7.42. The summed E-state index contributed by atoms with van der Waals surface area (Å²) in [5.74, 6) is 1.60. The van der Waals surface area contributed by atoms with Gasteiger partial charge in [-0.05, 0) is 48.9 Å². The lowest BCUT2D eigenvalue weighted by Gasteiger charge is -2.10. The first-order valence-corrected chi connectivity index (χ1v) is 8.86. The zero-order chi connectivity index (χ0) is 16.9. The average Bonchev–Trinajstić information content (AvgIpc) is 3.01. The summed E-state index contributed by atoms with van der Waals surface area (Å²) in [6.45, 7) is 6.80. The lowest BCUT2D eigenvalue weighted by molar-refractivity contribution is 0.337. The number of rotatable bonds is 6. The van der Waals surface area contributed by atoms with E-state index in [0.29, 0.717) is 6.61 Å². The van der Waals surface area contributed by atoms with E-state index in [9.17, 15) is 0 Å². The second-order valence-electron chi connectivity index (χ2n) is 5.56. The summed E-state index contributed by atoms with van der Waals surface area (Å²) in [5.41, 5.74) is 4.66. The number of aromatic nitrogens is 4. The molecule has 2 aromatic carbocycles. The van der Waals surface area contributed by atoms with Gasteiger partial charge in [0.2, 0.25) is 5.16 Å². The van der Waals surface area contributed by atoms with Gasteiger partial charge in [-0.1, -0.05) is 53.2 Å². The molecule has 3 aromatic rings. The van der Waals surface area contributed by atoms with Crippen molar-refractivity contribution in [3.05, 3.63) is 59.2 Å². The van der Waals surface area contributed by atoms with Gasteiger partial charge in [0.05, 0.1) is 6.61 Å². The van der Waals surface area contributed by atoms with Crippen LogP contribution >= 0.6 is 11.8 Å². The fourth-order valence-corrected chi connectivity index (χ4v) is 3.44. The third kappa shape index (κ3) is 3.76. The van der Waals surface area contributed by atoms with E-state index in [0.717, 1.165) is 22.3 Å². The molecule has 0 radical (unpaired) electrons. The summed E-state index contributed by atoms with van der Waals surface area (Å²) >= 11 is 1.62. The molecule has 0 aliphatic carbocycles. The van der Waals surface area contributed by atoms with Crippen molar-refractivity contribution in [2.24, 2.45) is 0 Å². The van der Waals surface area contributed by atoms with E-state index in [-0.39, 0.29) is 0 Å². The molecule has 0 saturated heterocycles. The van der Waals surface area contributed by atoms with Crippen LogP contribution in [0.5, 0.6) is 5.75 Å². The molecule has 0 aliphatic rings. The lowest BCUT2D eigenvalue weighted by atomic mass is 10.1. The summed E-state index contributed by atoms with van der Waals surface area (Å²) in [6.07, 6.45) is 0. The molecule has 124 valence electrons. The molecule has 0 bridgehead atoms. The van der Waals surface area contributed by atoms with Crippen molar-refractivity contribution in [3.8, 4) is 11.4 Å².